The fourth-order valence-corrected chi connectivity index (χ4v) is 0.603. The van der Waals surface area contributed by atoms with Crippen molar-refractivity contribution in [3.05, 3.63) is 30.1 Å². The molecule has 0 heterocycles. The highest BCUT2D eigenvalue weighted by atomic mass is 19.1. The number of ether oxygens (including phenoxy) is 1. The molecule has 0 aromatic heterocycles. The summed E-state index contributed by atoms with van der Waals surface area (Å²) in [5.41, 5.74) is 8.94. The largest absolute Gasteiger partial charge is 0.511 e. The quantitative estimate of drug-likeness (QED) is 0.238. The maximum Gasteiger partial charge on any atom is 0.511 e. The van der Waals surface area contributed by atoms with Crippen molar-refractivity contribution >= 4 is 12.1 Å². The van der Waals surface area contributed by atoms with E-state index in [1.807, 2.05) is 0 Å². The first-order valence-corrected chi connectivity index (χ1v) is 3.67. The third kappa shape index (κ3) is 8.03. The molecule has 0 spiro atoms. The van der Waals surface area contributed by atoms with Crippen LogP contribution in [0.2, 0.25) is 0 Å². The van der Waals surface area contributed by atoms with Crippen molar-refractivity contribution in [2.45, 2.75) is 0 Å². The average molecular weight is 215 g/mol. The van der Waals surface area contributed by atoms with E-state index < -0.39 is 12.0 Å². The SMILES string of the molecule is N=C(N)N.O=C(O)Oc1ccc(F)cc1. The Bertz CT molecular complexity index is 335. The topological polar surface area (TPSA) is 122 Å². The van der Waals surface area contributed by atoms with Gasteiger partial charge in [0.15, 0.2) is 5.96 Å². The lowest BCUT2D eigenvalue weighted by Gasteiger charge is -1.96. The van der Waals surface area contributed by atoms with Gasteiger partial charge in [-0.2, -0.15) is 0 Å². The van der Waals surface area contributed by atoms with Crippen molar-refractivity contribution in [2.75, 3.05) is 0 Å². The molecule has 6 N–H and O–H groups in total. The fraction of sp³-hybridized carbons (Fsp3) is 0. The van der Waals surface area contributed by atoms with Crippen LogP contribution in [0.5, 0.6) is 5.75 Å². The molecule has 15 heavy (non-hydrogen) atoms. The molecule has 0 aliphatic rings. The highest BCUT2D eigenvalue weighted by molar-refractivity contribution is 5.71. The summed E-state index contributed by atoms with van der Waals surface area (Å²) in [6.45, 7) is 0. The van der Waals surface area contributed by atoms with E-state index in [1.165, 1.54) is 12.1 Å². The van der Waals surface area contributed by atoms with E-state index in [9.17, 15) is 9.18 Å². The van der Waals surface area contributed by atoms with Crippen LogP contribution in [0.3, 0.4) is 0 Å². The van der Waals surface area contributed by atoms with Crippen LogP contribution in [-0.4, -0.2) is 17.2 Å². The van der Waals surface area contributed by atoms with E-state index in [-0.39, 0.29) is 11.7 Å². The summed E-state index contributed by atoms with van der Waals surface area (Å²) in [5, 5.41) is 14.2. The summed E-state index contributed by atoms with van der Waals surface area (Å²) in [6.07, 6.45) is -1.41. The molecular formula is C8H10FN3O3. The number of hydrogen-bond donors (Lipinski definition) is 4. The van der Waals surface area contributed by atoms with Crippen LogP contribution in [0.25, 0.3) is 0 Å². The van der Waals surface area contributed by atoms with Gasteiger partial charge in [0.1, 0.15) is 11.6 Å². The van der Waals surface area contributed by atoms with Gasteiger partial charge in [0.05, 0.1) is 0 Å². The molecule has 7 heteroatoms. The molecule has 6 nitrogen and oxygen atoms in total. The molecule has 1 rings (SSSR count). The highest BCUT2D eigenvalue weighted by Gasteiger charge is 1.98. The summed E-state index contributed by atoms with van der Waals surface area (Å²) >= 11 is 0. The molecule has 0 bridgehead atoms. The van der Waals surface area contributed by atoms with E-state index in [2.05, 4.69) is 16.2 Å². The van der Waals surface area contributed by atoms with Crippen molar-refractivity contribution < 1.29 is 19.0 Å². The van der Waals surface area contributed by atoms with E-state index >= 15 is 0 Å². The van der Waals surface area contributed by atoms with Gasteiger partial charge >= 0.3 is 6.16 Å². The first kappa shape index (κ1) is 12.7. The highest BCUT2D eigenvalue weighted by Crippen LogP contribution is 2.10. The van der Waals surface area contributed by atoms with Gasteiger partial charge in [0, 0.05) is 0 Å². The van der Waals surface area contributed by atoms with E-state index in [0.717, 1.165) is 12.1 Å². The third-order valence-corrected chi connectivity index (χ3v) is 1.02. The van der Waals surface area contributed by atoms with Crippen molar-refractivity contribution in [2.24, 2.45) is 11.5 Å². The number of nitrogens with one attached hydrogen (secondary N) is 1. The van der Waals surface area contributed by atoms with Gasteiger partial charge in [-0.15, -0.1) is 0 Å². The fourth-order valence-electron chi connectivity index (χ4n) is 0.603. The Kier molecular flexibility index (Phi) is 5.24. The first-order valence-electron chi connectivity index (χ1n) is 3.67. The van der Waals surface area contributed by atoms with Gasteiger partial charge < -0.3 is 21.3 Å². The number of benzene rings is 1. The molecule has 0 atom stereocenters. The van der Waals surface area contributed by atoms with Crippen LogP contribution < -0.4 is 16.2 Å². The zero-order valence-electron chi connectivity index (χ0n) is 7.61. The van der Waals surface area contributed by atoms with Crippen LogP contribution in [0.1, 0.15) is 0 Å². The first-order chi connectivity index (χ1) is 6.91. The number of nitrogens with two attached hydrogens (primary N) is 2. The van der Waals surface area contributed by atoms with Crippen molar-refractivity contribution in [1.82, 2.24) is 0 Å². The Labute approximate surface area is 84.8 Å². The Morgan fingerprint density at radius 3 is 2.07 bits per heavy atom. The maximum atomic E-state index is 12.2. The van der Waals surface area contributed by atoms with Crippen molar-refractivity contribution in [3.8, 4) is 5.75 Å². The Morgan fingerprint density at radius 1 is 1.33 bits per heavy atom. The second kappa shape index (κ2) is 6.19. The summed E-state index contributed by atoms with van der Waals surface area (Å²) in [7, 11) is 0. The number of halogens is 1. The van der Waals surface area contributed by atoms with Gasteiger partial charge in [-0.05, 0) is 24.3 Å². The van der Waals surface area contributed by atoms with Crippen LogP contribution in [0.4, 0.5) is 9.18 Å². The molecule has 1 aromatic rings. The van der Waals surface area contributed by atoms with Crippen molar-refractivity contribution in [1.29, 1.82) is 5.41 Å². The molecule has 82 valence electrons. The van der Waals surface area contributed by atoms with Crippen LogP contribution in [0, 0.1) is 11.2 Å². The number of rotatable bonds is 1. The van der Waals surface area contributed by atoms with Gasteiger partial charge in [-0.3, -0.25) is 5.41 Å². The Morgan fingerprint density at radius 2 is 1.73 bits per heavy atom. The lowest BCUT2D eigenvalue weighted by molar-refractivity contribution is 0.144. The molecule has 1 aromatic carbocycles. The molecule has 0 saturated carbocycles. The van der Waals surface area contributed by atoms with Crippen molar-refractivity contribution in [3.63, 3.8) is 0 Å². The molecule has 0 saturated heterocycles. The summed E-state index contributed by atoms with van der Waals surface area (Å²) in [6, 6.07) is 4.73. The predicted molar refractivity (Wildman–Crippen MR) is 51.2 cm³/mol. The second-order valence-electron chi connectivity index (χ2n) is 2.28. The van der Waals surface area contributed by atoms with Gasteiger partial charge in [-0.25, -0.2) is 9.18 Å². The standard InChI is InChI=1S/C7H5FO3.CH5N3/c8-5-1-3-6(4-2-5)11-7(9)10;2-1(3)4/h1-4H,(H,9,10);(H5,2,3,4). The van der Waals surface area contributed by atoms with E-state index in [0.29, 0.717) is 0 Å². The smallest absolute Gasteiger partial charge is 0.449 e. The normalized spacial score (nSPS) is 8.33. The minimum Gasteiger partial charge on any atom is -0.449 e. The second-order valence-corrected chi connectivity index (χ2v) is 2.28. The predicted octanol–water partition coefficient (Wildman–Crippen LogP) is 0.721. The molecule has 0 amide bonds. The Balaban J connectivity index is 0.000000423. The molecule has 0 fully saturated rings. The third-order valence-electron chi connectivity index (χ3n) is 1.02. The zero-order valence-corrected chi connectivity index (χ0v) is 7.61. The van der Waals surface area contributed by atoms with Gasteiger partial charge in [0.2, 0.25) is 0 Å². The molecule has 0 aliphatic heterocycles. The van der Waals surface area contributed by atoms with Crippen LogP contribution in [-0.2, 0) is 0 Å². The minimum absolute atomic E-state index is 0.110. The average Bonchev–Trinajstić information content (AvgIpc) is 2.07. The lowest BCUT2D eigenvalue weighted by atomic mass is 10.3. The Hall–Kier alpha value is -2.31. The number of hydrogen-bond acceptors (Lipinski definition) is 3. The van der Waals surface area contributed by atoms with Crippen LogP contribution in [0.15, 0.2) is 24.3 Å². The maximum absolute atomic E-state index is 12.2. The number of guanidine groups is 1. The lowest BCUT2D eigenvalue weighted by Crippen LogP contribution is -2.20. The zero-order chi connectivity index (χ0) is 11.8. The van der Waals surface area contributed by atoms with Gasteiger partial charge in [-0.1, -0.05) is 0 Å². The molecule has 0 aliphatic carbocycles. The van der Waals surface area contributed by atoms with Gasteiger partial charge in [0.25, 0.3) is 0 Å². The van der Waals surface area contributed by atoms with E-state index in [1.54, 1.807) is 0 Å². The summed E-state index contributed by atoms with van der Waals surface area (Å²) < 4.78 is 16.4. The van der Waals surface area contributed by atoms with Crippen LogP contribution >= 0.6 is 0 Å². The number of carboxylic acid groups (broad SMARTS) is 1. The van der Waals surface area contributed by atoms with E-state index in [4.69, 9.17) is 10.5 Å². The summed E-state index contributed by atoms with van der Waals surface area (Å²) in [5.74, 6) is -0.651. The monoisotopic (exact) mass is 215 g/mol. The molecule has 0 unspecified atom stereocenters. The number of carbonyl (C=O) groups is 1. The molecular weight excluding hydrogens is 205 g/mol. The molecule has 0 radical (unpaired) electrons. The minimum atomic E-state index is -1.41. The summed E-state index contributed by atoms with van der Waals surface area (Å²) in [4.78, 5) is 9.94.